The maximum atomic E-state index is 13.3. The minimum Gasteiger partial charge on any atom is -0.338 e. The monoisotopic (exact) mass is 472 g/mol. The molecule has 0 spiro atoms. The number of thiophene rings is 2. The van der Waals surface area contributed by atoms with Gasteiger partial charge in [-0.25, -0.2) is 4.98 Å². The van der Waals surface area contributed by atoms with Gasteiger partial charge in [-0.15, -0.1) is 29.3 Å². The van der Waals surface area contributed by atoms with Crippen LogP contribution in [0.1, 0.15) is 25.5 Å². The smallest absolute Gasteiger partial charge is 0.263 e. The number of aromatic nitrogens is 3. The molecule has 7 nitrogen and oxygen atoms in total. The predicted octanol–water partition coefficient (Wildman–Crippen LogP) is 5.21. The highest BCUT2D eigenvalue weighted by atomic mass is 32.2. The van der Waals surface area contributed by atoms with Gasteiger partial charge in [0.25, 0.3) is 5.56 Å². The van der Waals surface area contributed by atoms with Crippen molar-refractivity contribution in [1.82, 2.24) is 14.7 Å². The number of fused-ring (bicyclic) bond motifs is 1. The summed E-state index contributed by atoms with van der Waals surface area (Å²) in [7, 11) is 0. The van der Waals surface area contributed by atoms with E-state index in [4.69, 9.17) is 4.52 Å². The van der Waals surface area contributed by atoms with Crippen LogP contribution in [0.5, 0.6) is 0 Å². The third-order valence-corrected chi connectivity index (χ3v) is 7.22. The van der Waals surface area contributed by atoms with E-state index in [1.165, 1.54) is 23.1 Å². The summed E-state index contributed by atoms with van der Waals surface area (Å²) < 4.78 is 6.71. The highest BCUT2D eigenvalue weighted by Gasteiger charge is 2.18. The van der Waals surface area contributed by atoms with E-state index in [0.29, 0.717) is 27.8 Å². The molecule has 0 aliphatic rings. The Hall–Kier alpha value is -2.69. The molecule has 4 aromatic rings. The van der Waals surface area contributed by atoms with E-state index in [9.17, 15) is 9.59 Å². The lowest BCUT2D eigenvalue weighted by molar-refractivity contribution is -0.113. The zero-order chi connectivity index (χ0) is 22.0. The van der Waals surface area contributed by atoms with Gasteiger partial charge in [-0.05, 0) is 17.4 Å². The highest BCUT2D eigenvalue weighted by Crippen LogP contribution is 2.34. The third-order valence-electron chi connectivity index (χ3n) is 4.47. The molecule has 0 radical (unpaired) electrons. The van der Waals surface area contributed by atoms with Gasteiger partial charge >= 0.3 is 0 Å². The van der Waals surface area contributed by atoms with Gasteiger partial charge in [0.15, 0.2) is 5.16 Å². The number of thioether (sulfide) groups is 1. The molecule has 0 bridgehead atoms. The average molecular weight is 473 g/mol. The fourth-order valence-electron chi connectivity index (χ4n) is 2.94. The predicted molar refractivity (Wildman–Crippen MR) is 127 cm³/mol. The Morgan fingerprint density at radius 1 is 1.42 bits per heavy atom. The first kappa shape index (κ1) is 21.5. The van der Waals surface area contributed by atoms with Gasteiger partial charge in [0.2, 0.25) is 11.8 Å². The van der Waals surface area contributed by atoms with Gasteiger partial charge in [0, 0.05) is 28.4 Å². The first-order valence-electron chi connectivity index (χ1n) is 9.54. The number of hydrogen-bond acceptors (Lipinski definition) is 8. The zero-order valence-electron chi connectivity index (χ0n) is 17.0. The molecule has 0 atom stereocenters. The summed E-state index contributed by atoms with van der Waals surface area (Å²) in [6, 6.07) is 5.66. The van der Waals surface area contributed by atoms with E-state index in [1.807, 2.05) is 36.7 Å². The summed E-state index contributed by atoms with van der Waals surface area (Å²) in [6.07, 6.45) is 1.65. The largest absolute Gasteiger partial charge is 0.338 e. The molecule has 1 amide bonds. The summed E-state index contributed by atoms with van der Waals surface area (Å²) in [5.74, 6) is 0.329. The van der Waals surface area contributed by atoms with Gasteiger partial charge in [0.1, 0.15) is 4.83 Å². The molecule has 0 fully saturated rings. The molecule has 4 rings (SSSR count). The van der Waals surface area contributed by atoms with Crippen LogP contribution in [0.2, 0.25) is 0 Å². The van der Waals surface area contributed by atoms with Gasteiger partial charge in [-0.2, -0.15) is 0 Å². The minimum atomic E-state index is -0.263. The van der Waals surface area contributed by atoms with Crippen molar-refractivity contribution < 1.29 is 9.32 Å². The van der Waals surface area contributed by atoms with Crippen LogP contribution in [0.15, 0.2) is 56.1 Å². The van der Waals surface area contributed by atoms with Crippen molar-refractivity contribution in [1.29, 1.82) is 0 Å². The summed E-state index contributed by atoms with van der Waals surface area (Å²) in [5, 5.41) is 11.6. The Kier molecular flexibility index (Phi) is 6.40. The first-order chi connectivity index (χ1) is 15.0. The Bertz CT molecular complexity index is 1290. The molecular weight excluding hydrogens is 452 g/mol. The van der Waals surface area contributed by atoms with Crippen molar-refractivity contribution in [3.63, 3.8) is 0 Å². The second kappa shape index (κ2) is 9.21. The SMILES string of the molecule is C=CCn1c(SCC(=O)Nc2cc(C(C)C)no2)nc2scc(-c3cccs3)c2c1=O. The van der Waals surface area contributed by atoms with Crippen molar-refractivity contribution >= 4 is 56.4 Å². The third kappa shape index (κ3) is 4.51. The number of hydrogen-bond donors (Lipinski definition) is 1. The number of rotatable bonds is 8. The Labute approximate surface area is 190 Å². The van der Waals surface area contributed by atoms with Crippen LogP contribution in [-0.2, 0) is 11.3 Å². The van der Waals surface area contributed by atoms with E-state index >= 15 is 0 Å². The Morgan fingerprint density at radius 3 is 2.94 bits per heavy atom. The summed E-state index contributed by atoms with van der Waals surface area (Å²) in [6.45, 7) is 8.05. The number of nitrogens with one attached hydrogen (secondary N) is 1. The van der Waals surface area contributed by atoms with E-state index < -0.39 is 0 Å². The van der Waals surface area contributed by atoms with Crippen molar-refractivity contribution in [2.24, 2.45) is 0 Å². The summed E-state index contributed by atoms with van der Waals surface area (Å²) in [5.41, 5.74) is 1.54. The van der Waals surface area contributed by atoms with E-state index in [2.05, 4.69) is 22.0 Å². The van der Waals surface area contributed by atoms with Crippen molar-refractivity contribution in [3.8, 4) is 10.4 Å². The zero-order valence-corrected chi connectivity index (χ0v) is 19.4. The number of carbonyl (C=O) groups is 1. The van der Waals surface area contributed by atoms with Crippen molar-refractivity contribution in [2.45, 2.75) is 31.5 Å². The van der Waals surface area contributed by atoms with Crippen LogP contribution < -0.4 is 10.9 Å². The molecule has 1 N–H and O–H groups in total. The molecule has 0 saturated carbocycles. The van der Waals surface area contributed by atoms with E-state index in [1.54, 1.807) is 28.0 Å². The van der Waals surface area contributed by atoms with Crippen LogP contribution in [-0.4, -0.2) is 26.4 Å². The molecule has 4 heterocycles. The molecule has 4 aromatic heterocycles. The van der Waals surface area contributed by atoms with Crippen molar-refractivity contribution in [2.75, 3.05) is 11.1 Å². The summed E-state index contributed by atoms with van der Waals surface area (Å²) in [4.78, 5) is 32.0. The topological polar surface area (TPSA) is 90.0 Å². The van der Waals surface area contributed by atoms with E-state index in [0.717, 1.165) is 16.1 Å². The molecule has 0 saturated heterocycles. The second-order valence-electron chi connectivity index (χ2n) is 7.01. The quantitative estimate of drug-likeness (QED) is 0.215. The Morgan fingerprint density at radius 2 is 2.26 bits per heavy atom. The standard InChI is InChI=1S/C21H20N4O3S3/c1-4-7-25-20(27)18-13(15-6-5-8-29-15)10-30-19(18)23-21(25)31-11-16(26)22-17-9-14(12(2)3)24-28-17/h4-6,8-10,12H,1,7,11H2,2-3H3,(H,22,26). The lowest BCUT2D eigenvalue weighted by Gasteiger charge is -2.10. The number of anilines is 1. The first-order valence-corrected chi connectivity index (χ1v) is 12.3. The van der Waals surface area contributed by atoms with Gasteiger partial charge < -0.3 is 4.52 Å². The fourth-order valence-corrected chi connectivity index (χ4v) is 5.55. The fraction of sp³-hybridized carbons (Fsp3) is 0.238. The van der Waals surface area contributed by atoms with Crippen LogP contribution in [0.4, 0.5) is 5.88 Å². The molecular formula is C21H20N4O3S3. The van der Waals surface area contributed by atoms with Gasteiger partial charge in [-0.3, -0.25) is 19.5 Å². The molecule has 10 heteroatoms. The molecule has 31 heavy (non-hydrogen) atoms. The van der Waals surface area contributed by atoms with Crippen LogP contribution in [0.3, 0.4) is 0 Å². The number of amides is 1. The van der Waals surface area contributed by atoms with Crippen molar-refractivity contribution in [3.05, 3.63) is 57.7 Å². The maximum absolute atomic E-state index is 13.3. The molecule has 160 valence electrons. The normalized spacial score (nSPS) is 11.3. The van der Waals surface area contributed by atoms with Crippen LogP contribution in [0.25, 0.3) is 20.7 Å². The van der Waals surface area contributed by atoms with Crippen LogP contribution >= 0.6 is 34.4 Å². The van der Waals surface area contributed by atoms with Crippen LogP contribution in [0, 0.1) is 0 Å². The molecule has 0 aliphatic heterocycles. The number of nitrogens with zero attached hydrogens (tertiary/aromatic N) is 3. The minimum absolute atomic E-state index is 0.0793. The second-order valence-corrected chi connectivity index (χ2v) is 9.76. The number of allylic oxidation sites excluding steroid dienone is 1. The molecule has 0 aromatic carbocycles. The lowest BCUT2D eigenvalue weighted by atomic mass is 10.1. The maximum Gasteiger partial charge on any atom is 0.263 e. The molecule has 0 unspecified atom stereocenters. The lowest BCUT2D eigenvalue weighted by Crippen LogP contribution is -2.23. The average Bonchev–Trinajstić information content (AvgIpc) is 3.49. The Balaban J connectivity index is 1.58. The highest BCUT2D eigenvalue weighted by molar-refractivity contribution is 7.99. The number of carbonyl (C=O) groups excluding carboxylic acids is 1. The van der Waals surface area contributed by atoms with Gasteiger partial charge in [-0.1, -0.05) is 42.9 Å². The molecule has 0 aliphatic carbocycles. The van der Waals surface area contributed by atoms with E-state index in [-0.39, 0.29) is 23.1 Å². The summed E-state index contributed by atoms with van der Waals surface area (Å²) >= 11 is 4.22. The van der Waals surface area contributed by atoms with Gasteiger partial charge in [0.05, 0.1) is 16.8 Å².